The van der Waals surface area contributed by atoms with Crippen LogP contribution in [0.2, 0.25) is 0 Å². The summed E-state index contributed by atoms with van der Waals surface area (Å²) in [6.07, 6.45) is 4.25. The molecule has 0 aliphatic carbocycles. The van der Waals surface area contributed by atoms with Crippen LogP contribution in [0.1, 0.15) is 41.5 Å². The summed E-state index contributed by atoms with van der Waals surface area (Å²) in [4.78, 5) is 34.7. The Morgan fingerprint density at radius 2 is 1.52 bits per heavy atom. The number of nitrogens with zero attached hydrogens (tertiary/aromatic N) is 5. The Balaban J connectivity index is 1.16. The fourth-order valence-electron chi connectivity index (χ4n) is 4.84. The smallest absolute Gasteiger partial charge is 0.257 e. The molecule has 2 saturated heterocycles. The number of piperidine rings is 1. The Morgan fingerprint density at radius 1 is 0.848 bits per heavy atom. The molecule has 9 heteroatoms. The van der Waals surface area contributed by atoms with Gasteiger partial charge in [0.15, 0.2) is 0 Å². The molecular formula is C24H31N5O2S2. The number of rotatable bonds is 6. The predicted octanol–water partition coefficient (Wildman–Crippen LogP) is 3.12. The van der Waals surface area contributed by atoms with Gasteiger partial charge in [-0.25, -0.2) is 5.01 Å². The van der Waals surface area contributed by atoms with Crippen molar-refractivity contribution in [2.45, 2.75) is 31.7 Å². The summed E-state index contributed by atoms with van der Waals surface area (Å²) in [6.45, 7) is 5.94. The molecule has 3 aliphatic heterocycles. The van der Waals surface area contributed by atoms with Gasteiger partial charge < -0.3 is 4.90 Å². The van der Waals surface area contributed by atoms with Crippen LogP contribution in [-0.4, -0.2) is 89.6 Å². The van der Waals surface area contributed by atoms with E-state index in [2.05, 4.69) is 32.7 Å². The van der Waals surface area contributed by atoms with Gasteiger partial charge in [-0.1, -0.05) is 12.1 Å². The minimum Gasteiger partial charge on any atom is -0.342 e. The normalized spacial score (nSPS) is 22.5. The number of hydrazone groups is 1. The summed E-state index contributed by atoms with van der Waals surface area (Å²) < 4.78 is 0. The molecule has 2 aromatic rings. The van der Waals surface area contributed by atoms with Gasteiger partial charge in [-0.05, 0) is 42.2 Å². The second-order valence-electron chi connectivity index (χ2n) is 8.99. The van der Waals surface area contributed by atoms with Gasteiger partial charge in [-0.3, -0.25) is 19.4 Å². The average Bonchev–Trinajstić information content (AvgIpc) is 3.62. The predicted molar refractivity (Wildman–Crippen MR) is 133 cm³/mol. The first-order chi connectivity index (χ1) is 16.2. The van der Waals surface area contributed by atoms with Crippen LogP contribution in [0.5, 0.6) is 0 Å². The highest BCUT2D eigenvalue weighted by atomic mass is 32.1. The Labute approximate surface area is 203 Å². The second-order valence-corrected chi connectivity index (χ2v) is 10.9. The van der Waals surface area contributed by atoms with Crippen LogP contribution in [0.4, 0.5) is 0 Å². The first-order valence-corrected chi connectivity index (χ1v) is 13.6. The largest absolute Gasteiger partial charge is 0.342 e. The number of thiophene rings is 2. The molecule has 0 spiro atoms. The molecular weight excluding hydrogens is 454 g/mol. The van der Waals surface area contributed by atoms with Crippen molar-refractivity contribution in [3.63, 3.8) is 0 Å². The monoisotopic (exact) mass is 485 g/mol. The second kappa shape index (κ2) is 10.5. The molecule has 0 aromatic carbocycles. The van der Waals surface area contributed by atoms with Crippen LogP contribution in [0.25, 0.3) is 0 Å². The number of carbonyl (C=O) groups is 2. The van der Waals surface area contributed by atoms with Gasteiger partial charge in [-0.2, -0.15) is 5.10 Å². The lowest BCUT2D eigenvalue weighted by Gasteiger charge is -2.36. The maximum atomic E-state index is 13.3. The Kier molecular flexibility index (Phi) is 7.20. The fourth-order valence-corrected chi connectivity index (χ4v) is 6.37. The van der Waals surface area contributed by atoms with Gasteiger partial charge in [0, 0.05) is 50.6 Å². The van der Waals surface area contributed by atoms with Crippen molar-refractivity contribution in [2.75, 3.05) is 52.4 Å². The van der Waals surface area contributed by atoms with Gasteiger partial charge in [-0.15, -0.1) is 22.7 Å². The SMILES string of the molecule is O=C(CN1CCN(CC(=O)N2N=C(c3cccs3)C[C@H]2c2cccs2)CC1)N1CCCCC1. The van der Waals surface area contributed by atoms with Crippen molar-refractivity contribution in [3.8, 4) is 0 Å². The van der Waals surface area contributed by atoms with Gasteiger partial charge in [0.05, 0.1) is 29.7 Å². The third-order valence-corrected chi connectivity index (χ3v) is 8.63. The van der Waals surface area contributed by atoms with E-state index in [9.17, 15) is 9.59 Å². The van der Waals surface area contributed by atoms with E-state index in [1.165, 1.54) is 11.3 Å². The van der Waals surface area contributed by atoms with Crippen LogP contribution < -0.4 is 0 Å². The zero-order valence-electron chi connectivity index (χ0n) is 18.9. The number of amides is 2. The molecule has 0 radical (unpaired) electrons. The molecule has 0 N–H and O–H groups in total. The van der Waals surface area contributed by atoms with E-state index in [1.54, 1.807) is 27.7 Å². The van der Waals surface area contributed by atoms with E-state index in [0.29, 0.717) is 13.1 Å². The zero-order valence-corrected chi connectivity index (χ0v) is 20.5. The van der Waals surface area contributed by atoms with Crippen LogP contribution in [0, 0.1) is 0 Å². The van der Waals surface area contributed by atoms with Crippen LogP contribution in [0.15, 0.2) is 40.1 Å². The molecule has 5 heterocycles. The fraction of sp³-hybridized carbons (Fsp3) is 0.542. The summed E-state index contributed by atoms with van der Waals surface area (Å²) in [6, 6.07) is 8.23. The van der Waals surface area contributed by atoms with Crippen molar-refractivity contribution in [2.24, 2.45) is 5.10 Å². The quantitative estimate of drug-likeness (QED) is 0.631. The number of hydrogen-bond donors (Lipinski definition) is 0. The molecule has 33 heavy (non-hydrogen) atoms. The van der Waals surface area contributed by atoms with E-state index >= 15 is 0 Å². The lowest BCUT2D eigenvalue weighted by atomic mass is 10.1. The zero-order chi connectivity index (χ0) is 22.6. The lowest BCUT2D eigenvalue weighted by Crippen LogP contribution is -2.52. The molecule has 2 fully saturated rings. The Bertz CT molecular complexity index is 961. The summed E-state index contributed by atoms with van der Waals surface area (Å²) in [5, 5.41) is 10.6. The van der Waals surface area contributed by atoms with E-state index in [0.717, 1.165) is 69.1 Å². The lowest BCUT2D eigenvalue weighted by molar-refractivity contribution is -0.136. The minimum absolute atomic E-state index is 0.0157. The molecule has 2 aromatic heterocycles. The van der Waals surface area contributed by atoms with E-state index in [4.69, 9.17) is 5.10 Å². The third kappa shape index (κ3) is 5.37. The number of likely N-dealkylation sites (tertiary alicyclic amines) is 1. The molecule has 0 unspecified atom stereocenters. The number of piperazine rings is 1. The Hall–Kier alpha value is -2.07. The maximum Gasteiger partial charge on any atom is 0.257 e. The molecule has 2 amide bonds. The molecule has 0 saturated carbocycles. The van der Waals surface area contributed by atoms with Crippen LogP contribution >= 0.6 is 22.7 Å². The standard InChI is InChI=1S/C24H31N5O2S2/c30-23(28-8-2-1-3-9-28)17-26-10-12-27(13-11-26)18-24(31)29-20(22-7-5-15-33-22)16-19(25-29)21-6-4-14-32-21/h4-7,14-15,20H,1-3,8-13,16-18H2/t20-/m0/s1. The first-order valence-electron chi connectivity index (χ1n) is 11.9. The molecule has 5 rings (SSSR count). The number of carbonyl (C=O) groups excluding carboxylic acids is 2. The highest BCUT2D eigenvalue weighted by Crippen LogP contribution is 2.36. The summed E-state index contributed by atoms with van der Waals surface area (Å²) in [7, 11) is 0. The van der Waals surface area contributed by atoms with Gasteiger partial charge in [0.25, 0.3) is 5.91 Å². The number of hydrogen-bond acceptors (Lipinski definition) is 7. The van der Waals surface area contributed by atoms with Crippen molar-refractivity contribution in [3.05, 3.63) is 44.8 Å². The highest BCUT2D eigenvalue weighted by molar-refractivity contribution is 7.12. The van der Waals surface area contributed by atoms with Crippen molar-refractivity contribution < 1.29 is 9.59 Å². The van der Waals surface area contributed by atoms with Gasteiger partial charge in [0.1, 0.15) is 0 Å². The van der Waals surface area contributed by atoms with E-state index in [-0.39, 0.29) is 17.9 Å². The van der Waals surface area contributed by atoms with Gasteiger partial charge in [0.2, 0.25) is 5.91 Å². The third-order valence-electron chi connectivity index (χ3n) is 6.73. The van der Waals surface area contributed by atoms with Crippen molar-refractivity contribution >= 4 is 40.2 Å². The summed E-state index contributed by atoms with van der Waals surface area (Å²) >= 11 is 3.36. The van der Waals surface area contributed by atoms with Crippen molar-refractivity contribution in [1.82, 2.24) is 19.7 Å². The van der Waals surface area contributed by atoms with Crippen LogP contribution in [0.3, 0.4) is 0 Å². The van der Waals surface area contributed by atoms with E-state index < -0.39 is 0 Å². The summed E-state index contributed by atoms with van der Waals surface area (Å²) in [5.41, 5.74) is 0.998. The minimum atomic E-state index is -0.0157. The average molecular weight is 486 g/mol. The topological polar surface area (TPSA) is 59.5 Å². The highest BCUT2D eigenvalue weighted by Gasteiger charge is 2.35. The molecule has 7 nitrogen and oxygen atoms in total. The molecule has 3 aliphatic rings. The van der Waals surface area contributed by atoms with Crippen molar-refractivity contribution in [1.29, 1.82) is 0 Å². The van der Waals surface area contributed by atoms with Gasteiger partial charge >= 0.3 is 0 Å². The Morgan fingerprint density at radius 3 is 2.15 bits per heavy atom. The maximum absolute atomic E-state index is 13.3. The van der Waals surface area contributed by atoms with Crippen LogP contribution in [-0.2, 0) is 9.59 Å². The molecule has 0 bridgehead atoms. The summed E-state index contributed by atoms with van der Waals surface area (Å²) in [5.74, 6) is 0.309. The first kappa shape index (κ1) is 22.7. The molecule has 1 atom stereocenters. The molecule has 176 valence electrons. The van der Waals surface area contributed by atoms with E-state index in [1.807, 2.05) is 17.0 Å².